The lowest BCUT2D eigenvalue weighted by Crippen LogP contribution is -2.29. The largest absolute Gasteiger partial charge is 0.489 e. The Morgan fingerprint density at radius 2 is 1.89 bits per heavy atom. The summed E-state index contributed by atoms with van der Waals surface area (Å²) in [6, 6.07) is 4.00. The zero-order chi connectivity index (χ0) is 13.5. The lowest BCUT2D eigenvalue weighted by Gasteiger charge is -2.17. The smallest absolute Gasteiger partial charge is 0.120 e. The Labute approximate surface area is 116 Å². The summed E-state index contributed by atoms with van der Waals surface area (Å²) in [7, 11) is 0. The van der Waals surface area contributed by atoms with Gasteiger partial charge in [-0.2, -0.15) is 0 Å². The maximum absolute atomic E-state index is 6.14. The SMILES string of the molecule is CCCCNCC(C)Oc1cc(C)c(Cl)c(C)c1. The normalized spacial score (nSPS) is 12.5. The third-order valence-electron chi connectivity index (χ3n) is 2.89. The van der Waals surface area contributed by atoms with Gasteiger partial charge in [0.1, 0.15) is 11.9 Å². The lowest BCUT2D eigenvalue weighted by atomic mass is 10.1. The molecule has 18 heavy (non-hydrogen) atoms. The van der Waals surface area contributed by atoms with Gasteiger partial charge in [-0.05, 0) is 57.0 Å². The van der Waals surface area contributed by atoms with Crippen molar-refractivity contribution in [2.75, 3.05) is 13.1 Å². The summed E-state index contributed by atoms with van der Waals surface area (Å²) in [6.45, 7) is 10.2. The summed E-state index contributed by atoms with van der Waals surface area (Å²) >= 11 is 6.14. The number of hydrogen-bond donors (Lipinski definition) is 1. The van der Waals surface area contributed by atoms with E-state index in [4.69, 9.17) is 16.3 Å². The number of rotatable bonds is 7. The predicted octanol–water partition coefficient (Wildman–Crippen LogP) is 4.11. The number of hydrogen-bond acceptors (Lipinski definition) is 2. The molecule has 1 aromatic carbocycles. The second-order valence-electron chi connectivity index (χ2n) is 4.86. The average molecular weight is 270 g/mol. The van der Waals surface area contributed by atoms with E-state index in [1.165, 1.54) is 12.8 Å². The number of ether oxygens (including phenoxy) is 1. The van der Waals surface area contributed by atoms with Crippen LogP contribution < -0.4 is 10.1 Å². The molecule has 0 fully saturated rings. The quantitative estimate of drug-likeness (QED) is 0.752. The van der Waals surface area contributed by atoms with Gasteiger partial charge >= 0.3 is 0 Å². The summed E-state index contributed by atoms with van der Waals surface area (Å²) in [6.07, 6.45) is 2.60. The first-order valence-corrected chi connectivity index (χ1v) is 7.06. The van der Waals surface area contributed by atoms with E-state index < -0.39 is 0 Å². The van der Waals surface area contributed by atoms with E-state index in [-0.39, 0.29) is 6.10 Å². The molecule has 0 radical (unpaired) electrons. The summed E-state index contributed by atoms with van der Waals surface area (Å²) in [5.41, 5.74) is 2.13. The predicted molar refractivity (Wildman–Crippen MR) is 78.8 cm³/mol. The molecule has 2 nitrogen and oxygen atoms in total. The van der Waals surface area contributed by atoms with E-state index in [0.717, 1.165) is 35.0 Å². The zero-order valence-corrected chi connectivity index (χ0v) is 12.6. The highest BCUT2D eigenvalue weighted by Gasteiger charge is 2.07. The van der Waals surface area contributed by atoms with Crippen molar-refractivity contribution in [3.05, 3.63) is 28.3 Å². The molecule has 0 spiro atoms. The fourth-order valence-electron chi connectivity index (χ4n) is 1.86. The fourth-order valence-corrected chi connectivity index (χ4v) is 1.96. The van der Waals surface area contributed by atoms with E-state index in [2.05, 4.69) is 19.2 Å². The molecular weight excluding hydrogens is 246 g/mol. The molecule has 1 N–H and O–H groups in total. The number of benzene rings is 1. The maximum Gasteiger partial charge on any atom is 0.120 e. The Kier molecular flexibility index (Phi) is 6.51. The van der Waals surface area contributed by atoms with Crippen molar-refractivity contribution in [2.24, 2.45) is 0 Å². The highest BCUT2D eigenvalue weighted by atomic mass is 35.5. The molecule has 102 valence electrons. The van der Waals surface area contributed by atoms with Crippen LogP contribution in [0.5, 0.6) is 5.75 Å². The highest BCUT2D eigenvalue weighted by Crippen LogP contribution is 2.26. The molecule has 1 unspecified atom stereocenters. The molecule has 0 aliphatic heterocycles. The second kappa shape index (κ2) is 7.65. The third-order valence-corrected chi connectivity index (χ3v) is 3.48. The van der Waals surface area contributed by atoms with Crippen LogP contribution in [-0.2, 0) is 0 Å². The number of unbranched alkanes of at least 4 members (excludes halogenated alkanes) is 1. The minimum Gasteiger partial charge on any atom is -0.489 e. The Bertz CT molecular complexity index is 356. The second-order valence-corrected chi connectivity index (χ2v) is 5.24. The molecule has 0 saturated carbocycles. The maximum atomic E-state index is 6.14. The monoisotopic (exact) mass is 269 g/mol. The molecule has 1 aromatic rings. The molecule has 0 bridgehead atoms. The molecular formula is C15H24ClNO. The van der Waals surface area contributed by atoms with Crippen LogP contribution in [0.4, 0.5) is 0 Å². The zero-order valence-electron chi connectivity index (χ0n) is 11.8. The Morgan fingerprint density at radius 3 is 2.44 bits per heavy atom. The highest BCUT2D eigenvalue weighted by molar-refractivity contribution is 6.32. The van der Waals surface area contributed by atoms with E-state index in [0.29, 0.717) is 0 Å². The van der Waals surface area contributed by atoms with Crippen molar-refractivity contribution < 1.29 is 4.74 Å². The van der Waals surface area contributed by atoms with Crippen LogP contribution in [0.3, 0.4) is 0 Å². The molecule has 0 amide bonds. The van der Waals surface area contributed by atoms with Crippen LogP contribution in [0.25, 0.3) is 0 Å². The first-order valence-electron chi connectivity index (χ1n) is 6.68. The van der Waals surface area contributed by atoms with Gasteiger partial charge in [0.15, 0.2) is 0 Å². The molecule has 0 aliphatic carbocycles. The Morgan fingerprint density at radius 1 is 1.28 bits per heavy atom. The number of aryl methyl sites for hydroxylation is 2. The molecule has 1 atom stereocenters. The van der Waals surface area contributed by atoms with Crippen molar-refractivity contribution in [1.29, 1.82) is 0 Å². The summed E-state index contributed by atoms with van der Waals surface area (Å²) < 4.78 is 5.89. The van der Waals surface area contributed by atoms with Crippen LogP contribution in [0.2, 0.25) is 5.02 Å². The lowest BCUT2D eigenvalue weighted by molar-refractivity contribution is 0.217. The molecule has 0 saturated heterocycles. The Hall–Kier alpha value is -0.730. The topological polar surface area (TPSA) is 21.3 Å². The van der Waals surface area contributed by atoms with Gasteiger partial charge < -0.3 is 10.1 Å². The van der Waals surface area contributed by atoms with Crippen molar-refractivity contribution in [2.45, 2.75) is 46.6 Å². The Balaban J connectivity index is 2.46. The minimum atomic E-state index is 0.168. The fraction of sp³-hybridized carbons (Fsp3) is 0.600. The van der Waals surface area contributed by atoms with Crippen molar-refractivity contribution in [1.82, 2.24) is 5.32 Å². The summed E-state index contributed by atoms with van der Waals surface area (Å²) in [4.78, 5) is 0. The van der Waals surface area contributed by atoms with Crippen LogP contribution in [-0.4, -0.2) is 19.2 Å². The molecule has 3 heteroatoms. The van der Waals surface area contributed by atoms with Crippen LogP contribution in [0, 0.1) is 13.8 Å². The van der Waals surface area contributed by atoms with Crippen molar-refractivity contribution in [3.63, 3.8) is 0 Å². The van der Waals surface area contributed by atoms with E-state index >= 15 is 0 Å². The molecule has 0 heterocycles. The van der Waals surface area contributed by atoms with Gasteiger partial charge in [0.05, 0.1) is 0 Å². The summed E-state index contributed by atoms with van der Waals surface area (Å²) in [5, 5.41) is 4.23. The van der Waals surface area contributed by atoms with E-state index in [1.807, 2.05) is 26.0 Å². The standard InChI is InChI=1S/C15H24ClNO/c1-5-6-7-17-10-13(4)18-14-8-11(2)15(16)12(3)9-14/h8-9,13,17H,5-7,10H2,1-4H3. The summed E-state index contributed by atoms with van der Waals surface area (Å²) in [5.74, 6) is 0.902. The van der Waals surface area contributed by atoms with Gasteiger partial charge in [-0.15, -0.1) is 0 Å². The molecule has 0 aliphatic rings. The average Bonchev–Trinajstić information content (AvgIpc) is 2.31. The van der Waals surface area contributed by atoms with Crippen LogP contribution in [0.15, 0.2) is 12.1 Å². The van der Waals surface area contributed by atoms with Gasteiger partial charge in [-0.1, -0.05) is 24.9 Å². The first-order chi connectivity index (χ1) is 8.54. The van der Waals surface area contributed by atoms with Gasteiger partial charge in [0.2, 0.25) is 0 Å². The van der Waals surface area contributed by atoms with Crippen LogP contribution in [0.1, 0.15) is 37.8 Å². The van der Waals surface area contributed by atoms with E-state index in [1.54, 1.807) is 0 Å². The molecule has 0 aromatic heterocycles. The van der Waals surface area contributed by atoms with Crippen LogP contribution >= 0.6 is 11.6 Å². The van der Waals surface area contributed by atoms with E-state index in [9.17, 15) is 0 Å². The van der Waals surface area contributed by atoms with Gasteiger partial charge in [-0.25, -0.2) is 0 Å². The first kappa shape index (κ1) is 15.3. The van der Waals surface area contributed by atoms with Gasteiger partial charge in [0.25, 0.3) is 0 Å². The number of halogens is 1. The third kappa shape index (κ3) is 4.87. The van der Waals surface area contributed by atoms with Crippen molar-refractivity contribution in [3.8, 4) is 5.75 Å². The number of nitrogens with one attached hydrogen (secondary N) is 1. The van der Waals surface area contributed by atoms with Gasteiger partial charge in [-0.3, -0.25) is 0 Å². The van der Waals surface area contributed by atoms with Gasteiger partial charge in [0, 0.05) is 11.6 Å². The minimum absolute atomic E-state index is 0.168. The molecule has 1 rings (SSSR count). The van der Waals surface area contributed by atoms with Crippen molar-refractivity contribution >= 4 is 11.6 Å².